The lowest BCUT2D eigenvalue weighted by atomic mass is 10.1. The highest BCUT2D eigenvalue weighted by Crippen LogP contribution is 2.35. The van der Waals surface area contributed by atoms with Gasteiger partial charge >= 0.3 is 5.97 Å². The number of ether oxygens (including phenoxy) is 2. The van der Waals surface area contributed by atoms with Gasteiger partial charge in [-0.3, -0.25) is 9.59 Å². The number of rotatable bonds is 8. The Morgan fingerprint density at radius 3 is 2.39 bits per heavy atom. The number of carbonyl (C=O) groups excluding carboxylic acids is 3. The Bertz CT molecular complexity index is 985. The number of methoxy groups -OCH3 is 1. The summed E-state index contributed by atoms with van der Waals surface area (Å²) in [6.45, 7) is 9.93. The molecule has 9 heteroatoms. The summed E-state index contributed by atoms with van der Waals surface area (Å²) in [5, 5.41) is 3.56. The van der Waals surface area contributed by atoms with Gasteiger partial charge in [-0.15, -0.1) is 11.3 Å². The number of nitrogens with zero attached hydrogens (tertiary/aromatic N) is 1. The van der Waals surface area contributed by atoms with Gasteiger partial charge in [-0.1, -0.05) is 11.6 Å². The van der Waals surface area contributed by atoms with Gasteiger partial charge in [0.05, 0.1) is 17.6 Å². The molecule has 0 saturated heterocycles. The molecule has 0 aliphatic heterocycles. The minimum Gasteiger partial charge on any atom is -0.481 e. The first-order chi connectivity index (χ1) is 14.6. The van der Waals surface area contributed by atoms with Crippen LogP contribution in [0.4, 0.5) is 5.00 Å². The first-order valence-corrected chi connectivity index (χ1v) is 11.1. The first kappa shape index (κ1) is 24.7. The van der Waals surface area contributed by atoms with Gasteiger partial charge in [-0.05, 0) is 63.9 Å². The van der Waals surface area contributed by atoms with E-state index in [4.69, 9.17) is 21.1 Å². The molecular weight excluding hydrogens is 440 g/mol. The number of esters is 1. The van der Waals surface area contributed by atoms with Crippen LogP contribution in [0.15, 0.2) is 18.2 Å². The monoisotopic (exact) mass is 466 g/mol. The second-order valence-corrected chi connectivity index (χ2v) is 8.35. The van der Waals surface area contributed by atoms with Crippen molar-refractivity contribution in [3.8, 4) is 5.75 Å². The summed E-state index contributed by atoms with van der Waals surface area (Å²) in [4.78, 5) is 40.1. The number of thiophene rings is 1. The second-order valence-electron chi connectivity index (χ2n) is 6.89. The molecule has 0 bridgehead atoms. The Morgan fingerprint density at radius 2 is 1.84 bits per heavy atom. The topological polar surface area (TPSA) is 84.9 Å². The fourth-order valence-corrected chi connectivity index (χ4v) is 4.40. The summed E-state index contributed by atoms with van der Waals surface area (Å²) >= 11 is 7.02. The number of carbonyl (C=O) groups is 3. The molecule has 168 valence electrons. The van der Waals surface area contributed by atoms with Crippen LogP contribution in [0.25, 0.3) is 0 Å². The van der Waals surface area contributed by atoms with Crippen molar-refractivity contribution in [2.24, 2.45) is 0 Å². The molecule has 7 nitrogen and oxygen atoms in total. The van der Waals surface area contributed by atoms with Gasteiger partial charge in [-0.25, -0.2) is 4.79 Å². The Kier molecular flexibility index (Phi) is 8.47. The molecule has 2 amide bonds. The van der Waals surface area contributed by atoms with Gasteiger partial charge in [0.1, 0.15) is 10.8 Å². The van der Waals surface area contributed by atoms with Crippen LogP contribution in [0, 0.1) is 13.8 Å². The van der Waals surface area contributed by atoms with Crippen molar-refractivity contribution >= 4 is 45.7 Å². The standard InChI is InChI=1S/C22H27ClN2O5S/c1-7-25(8-2)21(27)18-13(4)17(22(28)29-6)20(31-18)24-19(26)14(5)30-16-10-9-15(23)11-12(16)3/h9-11,14H,7-8H2,1-6H3,(H,24,26)/t14-/m1/s1. The van der Waals surface area contributed by atoms with Crippen LogP contribution in [0.2, 0.25) is 5.02 Å². The molecule has 0 unspecified atom stereocenters. The molecule has 1 aromatic carbocycles. The molecule has 1 atom stereocenters. The van der Waals surface area contributed by atoms with Crippen molar-refractivity contribution in [2.45, 2.75) is 40.7 Å². The number of benzene rings is 1. The van der Waals surface area contributed by atoms with E-state index in [0.717, 1.165) is 16.9 Å². The van der Waals surface area contributed by atoms with Crippen molar-refractivity contribution in [3.05, 3.63) is 44.8 Å². The van der Waals surface area contributed by atoms with Crippen LogP contribution < -0.4 is 10.1 Å². The third kappa shape index (κ3) is 5.57. The lowest BCUT2D eigenvalue weighted by Crippen LogP contribution is -2.30. The Labute approximate surface area is 191 Å². The maximum atomic E-state index is 12.9. The molecule has 1 aromatic heterocycles. The molecule has 0 fully saturated rings. The van der Waals surface area contributed by atoms with Crippen LogP contribution in [-0.4, -0.2) is 49.0 Å². The van der Waals surface area contributed by atoms with E-state index in [1.165, 1.54) is 7.11 Å². The fraction of sp³-hybridized carbons (Fsp3) is 0.409. The highest BCUT2D eigenvalue weighted by atomic mass is 35.5. The molecule has 0 saturated carbocycles. The summed E-state index contributed by atoms with van der Waals surface area (Å²) < 4.78 is 10.6. The normalized spacial score (nSPS) is 11.6. The summed E-state index contributed by atoms with van der Waals surface area (Å²) in [6.07, 6.45) is -0.852. The lowest BCUT2D eigenvalue weighted by molar-refractivity contribution is -0.122. The van der Waals surface area contributed by atoms with E-state index in [9.17, 15) is 14.4 Å². The van der Waals surface area contributed by atoms with Gasteiger partial charge in [-0.2, -0.15) is 0 Å². The van der Waals surface area contributed by atoms with Crippen molar-refractivity contribution < 1.29 is 23.9 Å². The fourth-order valence-electron chi connectivity index (χ4n) is 3.01. The van der Waals surface area contributed by atoms with E-state index in [-0.39, 0.29) is 16.5 Å². The van der Waals surface area contributed by atoms with Crippen LogP contribution in [-0.2, 0) is 9.53 Å². The van der Waals surface area contributed by atoms with E-state index in [1.807, 2.05) is 20.8 Å². The third-order valence-electron chi connectivity index (χ3n) is 4.83. The maximum Gasteiger partial charge on any atom is 0.341 e. The number of anilines is 1. The van der Waals surface area contributed by atoms with Crippen LogP contribution >= 0.6 is 22.9 Å². The number of halogens is 1. The van der Waals surface area contributed by atoms with Gasteiger partial charge in [0.2, 0.25) is 0 Å². The Balaban J connectivity index is 2.31. The van der Waals surface area contributed by atoms with Crippen molar-refractivity contribution in [3.63, 3.8) is 0 Å². The molecule has 1 heterocycles. The quantitative estimate of drug-likeness (QED) is 0.570. The summed E-state index contributed by atoms with van der Waals surface area (Å²) in [6, 6.07) is 5.11. The molecule has 0 radical (unpaired) electrons. The molecule has 0 aliphatic carbocycles. The SMILES string of the molecule is CCN(CC)C(=O)c1sc(NC(=O)[C@@H](C)Oc2ccc(Cl)cc2C)c(C(=O)OC)c1C. The van der Waals surface area contributed by atoms with E-state index in [2.05, 4.69) is 5.32 Å². The average molecular weight is 467 g/mol. The second kappa shape index (κ2) is 10.6. The minimum absolute atomic E-state index is 0.172. The summed E-state index contributed by atoms with van der Waals surface area (Å²) in [5.74, 6) is -0.744. The van der Waals surface area contributed by atoms with E-state index >= 15 is 0 Å². The van der Waals surface area contributed by atoms with E-state index in [1.54, 1.807) is 36.9 Å². The van der Waals surface area contributed by atoms with Gasteiger partial charge in [0.15, 0.2) is 6.10 Å². The van der Waals surface area contributed by atoms with Gasteiger partial charge in [0.25, 0.3) is 11.8 Å². The van der Waals surface area contributed by atoms with E-state index in [0.29, 0.717) is 34.3 Å². The number of nitrogens with one attached hydrogen (secondary N) is 1. The van der Waals surface area contributed by atoms with Crippen molar-refractivity contribution in [2.75, 3.05) is 25.5 Å². The van der Waals surface area contributed by atoms with E-state index < -0.39 is 18.0 Å². The largest absolute Gasteiger partial charge is 0.481 e. The maximum absolute atomic E-state index is 12.9. The summed E-state index contributed by atoms with van der Waals surface area (Å²) in [5.41, 5.74) is 1.44. The molecule has 31 heavy (non-hydrogen) atoms. The number of aryl methyl sites for hydroxylation is 1. The van der Waals surface area contributed by atoms with Crippen LogP contribution in [0.3, 0.4) is 0 Å². The van der Waals surface area contributed by atoms with Crippen LogP contribution in [0.1, 0.15) is 51.9 Å². The van der Waals surface area contributed by atoms with Gasteiger partial charge < -0.3 is 19.7 Å². The van der Waals surface area contributed by atoms with Crippen molar-refractivity contribution in [1.82, 2.24) is 4.90 Å². The predicted octanol–water partition coefficient (Wildman–Crippen LogP) is 4.69. The van der Waals surface area contributed by atoms with Crippen LogP contribution in [0.5, 0.6) is 5.75 Å². The zero-order valence-corrected chi connectivity index (χ0v) is 20.1. The molecule has 2 rings (SSSR count). The first-order valence-electron chi connectivity index (χ1n) is 9.89. The Morgan fingerprint density at radius 1 is 1.19 bits per heavy atom. The Hall–Kier alpha value is -2.58. The third-order valence-corrected chi connectivity index (χ3v) is 6.26. The minimum atomic E-state index is -0.852. The molecular formula is C22H27ClN2O5S. The average Bonchev–Trinajstić information content (AvgIpc) is 3.05. The van der Waals surface area contributed by atoms with Crippen molar-refractivity contribution in [1.29, 1.82) is 0 Å². The zero-order valence-electron chi connectivity index (χ0n) is 18.5. The molecule has 0 spiro atoms. The van der Waals surface area contributed by atoms with Gasteiger partial charge in [0, 0.05) is 18.1 Å². The number of hydrogen-bond donors (Lipinski definition) is 1. The molecule has 0 aliphatic rings. The number of amides is 2. The molecule has 1 N–H and O–H groups in total. The predicted molar refractivity (Wildman–Crippen MR) is 123 cm³/mol. The smallest absolute Gasteiger partial charge is 0.341 e. The zero-order chi connectivity index (χ0) is 23.3. The lowest BCUT2D eigenvalue weighted by Gasteiger charge is -2.18. The molecule has 2 aromatic rings. The highest BCUT2D eigenvalue weighted by molar-refractivity contribution is 7.18. The number of hydrogen-bond acceptors (Lipinski definition) is 6. The summed E-state index contributed by atoms with van der Waals surface area (Å²) in [7, 11) is 1.26. The highest BCUT2D eigenvalue weighted by Gasteiger charge is 2.29.